The minimum atomic E-state index is 0.108. The van der Waals surface area contributed by atoms with Crippen molar-refractivity contribution < 1.29 is 4.79 Å². The molecule has 0 aromatic heterocycles. The number of carbonyl (C=O) groups excluding carboxylic acids is 1. The third-order valence-corrected chi connectivity index (χ3v) is 3.58. The molecule has 0 fully saturated rings. The Morgan fingerprint density at radius 3 is 2.56 bits per heavy atom. The van der Waals surface area contributed by atoms with Crippen LogP contribution in [0.2, 0.25) is 0 Å². The molecule has 1 aromatic carbocycles. The fourth-order valence-electron chi connectivity index (χ4n) is 1.74. The molecule has 1 rings (SSSR count). The van der Waals surface area contributed by atoms with E-state index in [0.29, 0.717) is 0 Å². The van der Waals surface area contributed by atoms with Crippen LogP contribution in [0.25, 0.3) is 0 Å². The van der Waals surface area contributed by atoms with Gasteiger partial charge in [0.1, 0.15) is 0 Å². The quantitative estimate of drug-likeness (QED) is 0.830. The van der Waals surface area contributed by atoms with Gasteiger partial charge >= 0.3 is 0 Å². The summed E-state index contributed by atoms with van der Waals surface area (Å²) in [7, 11) is 0. The van der Waals surface area contributed by atoms with Gasteiger partial charge in [0.05, 0.1) is 0 Å². The molecule has 0 saturated heterocycles. The Balaban J connectivity index is 3.09. The molecule has 1 aromatic rings. The van der Waals surface area contributed by atoms with Crippen molar-refractivity contribution >= 4 is 21.8 Å². The van der Waals surface area contributed by atoms with E-state index >= 15 is 0 Å². The lowest BCUT2D eigenvalue weighted by Crippen LogP contribution is -2.37. The third kappa shape index (κ3) is 2.64. The Hall–Kier alpha value is -0.830. The maximum atomic E-state index is 12.3. The third-order valence-electron chi connectivity index (χ3n) is 2.72. The van der Waals surface area contributed by atoms with E-state index in [-0.39, 0.29) is 11.9 Å². The lowest BCUT2D eigenvalue weighted by atomic mass is 10.1. The first-order chi connectivity index (χ1) is 7.49. The van der Waals surface area contributed by atoms with E-state index in [1.165, 1.54) is 0 Å². The van der Waals surface area contributed by atoms with Crippen molar-refractivity contribution in [1.29, 1.82) is 0 Å². The van der Waals surface area contributed by atoms with Crippen LogP contribution >= 0.6 is 15.9 Å². The van der Waals surface area contributed by atoms with E-state index < -0.39 is 0 Å². The van der Waals surface area contributed by atoms with Crippen molar-refractivity contribution in [1.82, 2.24) is 4.90 Å². The zero-order valence-corrected chi connectivity index (χ0v) is 11.8. The van der Waals surface area contributed by atoms with Crippen molar-refractivity contribution in [2.24, 2.45) is 0 Å². The molecular weight excluding hydrogens is 266 g/mol. The molecule has 0 aliphatic heterocycles. The maximum Gasteiger partial charge on any atom is 0.254 e. The van der Waals surface area contributed by atoms with E-state index in [1.54, 1.807) is 0 Å². The number of rotatable bonds is 3. The Morgan fingerprint density at radius 2 is 2.06 bits per heavy atom. The summed E-state index contributed by atoms with van der Waals surface area (Å²) in [6.07, 6.45) is 0. The number of hydrogen-bond donors (Lipinski definition) is 0. The second kappa shape index (κ2) is 5.48. The van der Waals surface area contributed by atoms with Gasteiger partial charge in [-0.1, -0.05) is 22.0 Å². The van der Waals surface area contributed by atoms with Crippen LogP contribution in [0.3, 0.4) is 0 Å². The summed E-state index contributed by atoms with van der Waals surface area (Å²) >= 11 is 3.45. The SMILES string of the molecule is CCN(C(=O)c1cccc(Br)c1C)C(C)C. The van der Waals surface area contributed by atoms with E-state index in [1.807, 2.05) is 50.8 Å². The predicted octanol–water partition coefficient (Wildman–Crippen LogP) is 3.63. The van der Waals surface area contributed by atoms with Crippen LogP contribution in [0.15, 0.2) is 22.7 Å². The molecule has 0 unspecified atom stereocenters. The van der Waals surface area contributed by atoms with Crippen molar-refractivity contribution in [3.05, 3.63) is 33.8 Å². The first kappa shape index (κ1) is 13.2. The summed E-state index contributed by atoms with van der Waals surface area (Å²) in [6, 6.07) is 5.97. The highest BCUT2D eigenvalue weighted by Crippen LogP contribution is 2.21. The lowest BCUT2D eigenvalue weighted by Gasteiger charge is -2.26. The van der Waals surface area contributed by atoms with E-state index in [4.69, 9.17) is 0 Å². The maximum absolute atomic E-state index is 12.3. The molecule has 2 nitrogen and oxygen atoms in total. The molecule has 0 N–H and O–H groups in total. The van der Waals surface area contributed by atoms with Gasteiger partial charge in [-0.05, 0) is 45.4 Å². The van der Waals surface area contributed by atoms with Crippen molar-refractivity contribution in [3.8, 4) is 0 Å². The van der Waals surface area contributed by atoms with Gasteiger partial charge in [0.25, 0.3) is 5.91 Å². The molecule has 1 amide bonds. The number of carbonyl (C=O) groups is 1. The number of benzene rings is 1. The van der Waals surface area contributed by atoms with Crippen molar-refractivity contribution in [2.45, 2.75) is 33.7 Å². The molecule has 16 heavy (non-hydrogen) atoms. The molecule has 0 aliphatic rings. The Morgan fingerprint density at radius 1 is 1.44 bits per heavy atom. The van der Waals surface area contributed by atoms with Crippen LogP contribution in [0, 0.1) is 6.92 Å². The van der Waals surface area contributed by atoms with Gasteiger partial charge in [0.15, 0.2) is 0 Å². The van der Waals surface area contributed by atoms with Gasteiger partial charge in [-0.25, -0.2) is 0 Å². The zero-order valence-electron chi connectivity index (χ0n) is 10.2. The van der Waals surface area contributed by atoms with Crippen LogP contribution in [0.1, 0.15) is 36.7 Å². The summed E-state index contributed by atoms with van der Waals surface area (Å²) in [4.78, 5) is 14.2. The van der Waals surface area contributed by atoms with E-state index in [9.17, 15) is 4.79 Å². The summed E-state index contributed by atoms with van der Waals surface area (Å²) < 4.78 is 0.984. The molecule has 0 spiro atoms. The summed E-state index contributed by atoms with van der Waals surface area (Å²) in [6.45, 7) is 8.78. The lowest BCUT2D eigenvalue weighted by molar-refractivity contribution is 0.0716. The molecule has 0 radical (unpaired) electrons. The van der Waals surface area contributed by atoms with Crippen LogP contribution in [-0.2, 0) is 0 Å². The largest absolute Gasteiger partial charge is 0.336 e. The monoisotopic (exact) mass is 283 g/mol. The highest BCUT2D eigenvalue weighted by atomic mass is 79.9. The van der Waals surface area contributed by atoms with Gasteiger partial charge in [0, 0.05) is 22.6 Å². The Labute approximate surface area is 106 Å². The fourth-order valence-corrected chi connectivity index (χ4v) is 2.10. The minimum Gasteiger partial charge on any atom is -0.336 e. The minimum absolute atomic E-state index is 0.108. The Bertz CT molecular complexity index is 388. The average Bonchev–Trinajstić information content (AvgIpc) is 2.22. The van der Waals surface area contributed by atoms with Crippen molar-refractivity contribution in [3.63, 3.8) is 0 Å². The molecule has 0 atom stereocenters. The van der Waals surface area contributed by atoms with Crippen LogP contribution < -0.4 is 0 Å². The first-order valence-corrected chi connectivity index (χ1v) is 6.34. The standard InChI is InChI=1S/C13H18BrNO/c1-5-15(9(2)3)13(16)11-7-6-8-12(14)10(11)4/h6-9H,5H2,1-4H3. The van der Waals surface area contributed by atoms with Gasteiger partial charge in [-0.3, -0.25) is 4.79 Å². The molecule has 0 saturated carbocycles. The van der Waals surface area contributed by atoms with Crippen LogP contribution in [-0.4, -0.2) is 23.4 Å². The van der Waals surface area contributed by atoms with Gasteiger partial charge < -0.3 is 4.90 Å². The van der Waals surface area contributed by atoms with Gasteiger partial charge in [-0.15, -0.1) is 0 Å². The summed E-state index contributed by atoms with van der Waals surface area (Å²) in [5.74, 6) is 0.108. The average molecular weight is 284 g/mol. The molecule has 0 bridgehead atoms. The second-order valence-corrected chi connectivity index (χ2v) is 4.95. The van der Waals surface area contributed by atoms with E-state index in [0.717, 1.165) is 22.1 Å². The normalized spacial score (nSPS) is 10.6. The Kier molecular flexibility index (Phi) is 4.54. The highest BCUT2D eigenvalue weighted by molar-refractivity contribution is 9.10. The fraction of sp³-hybridized carbons (Fsp3) is 0.462. The van der Waals surface area contributed by atoms with E-state index in [2.05, 4.69) is 15.9 Å². The zero-order chi connectivity index (χ0) is 12.3. The summed E-state index contributed by atoms with van der Waals surface area (Å²) in [5.41, 5.74) is 1.79. The molecular formula is C13H18BrNO. The van der Waals surface area contributed by atoms with Crippen LogP contribution in [0.4, 0.5) is 0 Å². The predicted molar refractivity (Wildman–Crippen MR) is 70.7 cm³/mol. The number of halogens is 1. The topological polar surface area (TPSA) is 20.3 Å². The number of nitrogens with zero attached hydrogens (tertiary/aromatic N) is 1. The summed E-state index contributed by atoms with van der Waals surface area (Å²) in [5, 5.41) is 0. The molecule has 3 heteroatoms. The smallest absolute Gasteiger partial charge is 0.254 e. The van der Waals surface area contributed by atoms with Crippen molar-refractivity contribution in [2.75, 3.05) is 6.54 Å². The first-order valence-electron chi connectivity index (χ1n) is 5.55. The van der Waals surface area contributed by atoms with Crippen LogP contribution in [0.5, 0.6) is 0 Å². The second-order valence-electron chi connectivity index (χ2n) is 4.10. The number of hydrogen-bond acceptors (Lipinski definition) is 1. The number of amides is 1. The van der Waals surface area contributed by atoms with Gasteiger partial charge in [0.2, 0.25) is 0 Å². The molecule has 88 valence electrons. The molecule has 0 aliphatic carbocycles. The highest BCUT2D eigenvalue weighted by Gasteiger charge is 2.19. The molecule has 0 heterocycles. The van der Waals surface area contributed by atoms with Gasteiger partial charge in [-0.2, -0.15) is 0 Å².